The minimum atomic E-state index is -3.45. The molecule has 0 saturated carbocycles. The van der Waals surface area contributed by atoms with Crippen LogP contribution >= 0.6 is 0 Å². The van der Waals surface area contributed by atoms with Gasteiger partial charge in [-0.05, 0) is 36.3 Å². The highest BCUT2D eigenvalue weighted by Gasteiger charge is 2.33. The Balaban J connectivity index is 2.21. The molecule has 4 N–H and O–H groups in total. The smallest absolute Gasteiger partial charge is 0.408 e. The van der Waals surface area contributed by atoms with Gasteiger partial charge in [-0.2, -0.15) is 0 Å². The van der Waals surface area contributed by atoms with Crippen molar-refractivity contribution in [3.05, 3.63) is 83.3 Å². The molecule has 0 saturated heterocycles. The first kappa shape index (κ1) is 41.5. The number of hydrogen-bond donors (Lipinski definition) is 4. The standard InChI is InChI=1S/C36H50N4O9S/c1-7-25(4)32(40-36(45)49-23-28-16-12-9-13-17-28)35(44)39-30(21-31(41)48-22-27-14-10-8-11-15-27)34(43)37-26(5)33(42)38-29(20-24(2)3)18-19-50(6,46)47/h8-19,24-26,29-30,32H,7,20-23H2,1-6H3,(H,37,43)(H,38,42)(H,39,44)(H,40,45)/b19-18+/t25-,26-,29+,30-,32-/m0/s1. The van der Waals surface area contributed by atoms with E-state index >= 15 is 0 Å². The average molecular weight is 715 g/mol. The van der Waals surface area contributed by atoms with Gasteiger partial charge in [-0.15, -0.1) is 0 Å². The molecule has 2 aromatic carbocycles. The lowest BCUT2D eigenvalue weighted by atomic mass is 9.98. The SMILES string of the molecule is CC[C@H](C)[C@H](NC(=O)OCc1ccccc1)C(=O)N[C@@H](CC(=O)OCc1ccccc1)C(=O)N[C@@H](C)C(=O)N[C@H](/C=C/S(C)(=O)=O)CC(C)C. The third-order valence-corrected chi connectivity index (χ3v) is 8.24. The molecule has 14 heteroatoms. The second-order valence-corrected chi connectivity index (χ2v) is 14.5. The van der Waals surface area contributed by atoms with Crippen LogP contribution in [-0.4, -0.2) is 68.6 Å². The lowest BCUT2D eigenvalue weighted by molar-refractivity contribution is -0.147. The summed E-state index contributed by atoms with van der Waals surface area (Å²) >= 11 is 0. The third kappa shape index (κ3) is 16.1. The summed E-state index contributed by atoms with van der Waals surface area (Å²) in [5.41, 5.74) is 1.46. The predicted octanol–water partition coefficient (Wildman–Crippen LogP) is 3.54. The largest absolute Gasteiger partial charge is 0.461 e. The van der Waals surface area contributed by atoms with Crippen molar-refractivity contribution in [3.8, 4) is 0 Å². The summed E-state index contributed by atoms with van der Waals surface area (Å²) in [5, 5.41) is 11.4. The zero-order valence-corrected chi connectivity index (χ0v) is 30.3. The number of nitrogens with one attached hydrogen (secondary N) is 4. The van der Waals surface area contributed by atoms with E-state index in [9.17, 15) is 32.4 Å². The van der Waals surface area contributed by atoms with Crippen LogP contribution in [0.2, 0.25) is 0 Å². The van der Waals surface area contributed by atoms with Crippen LogP contribution in [0.4, 0.5) is 4.79 Å². The highest BCUT2D eigenvalue weighted by atomic mass is 32.2. The number of carbonyl (C=O) groups is 5. The number of rotatable bonds is 19. The Morgan fingerprint density at radius 1 is 0.740 bits per heavy atom. The van der Waals surface area contributed by atoms with Gasteiger partial charge in [0.2, 0.25) is 17.7 Å². The summed E-state index contributed by atoms with van der Waals surface area (Å²) in [6.07, 6.45) is 1.91. The van der Waals surface area contributed by atoms with Gasteiger partial charge in [0, 0.05) is 17.7 Å². The summed E-state index contributed by atoms with van der Waals surface area (Å²) < 4.78 is 34.0. The molecule has 0 aliphatic rings. The molecule has 0 fully saturated rings. The van der Waals surface area contributed by atoms with E-state index in [1.54, 1.807) is 55.5 Å². The van der Waals surface area contributed by atoms with E-state index in [-0.39, 0.29) is 19.1 Å². The Labute approximate surface area is 294 Å². The lowest BCUT2D eigenvalue weighted by Crippen LogP contribution is -2.58. The van der Waals surface area contributed by atoms with Gasteiger partial charge in [0.25, 0.3) is 0 Å². The van der Waals surface area contributed by atoms with E-state index in [1.807, 2.05) is 32.9 Å². The quantitative estimate of drug-likeness (QED) is 0.158. The highest BCUT2D eigenvalue weighted by molar-refractivity contribution is 7.93. The number of benzene rings is 2. The van der Waals surface area contributed by atoms with Crippen molar-refractivity contribution < 1.29 is 41.9 Å². The second kappa shape index (κ2) is 20.7. The molecule has 0 aromatic heterocycles. The third-order valence-electron chi connectivity index (χ3n) is 7.59. The average Bonchev–Trinajstić information content (AvgIpc) is 3.07. The molecule has 0 radical (unpaired) electrons. The Morgan fingerprint density at radius 2 is 1.30 bits per heavy atom. The van der Waals surface area contributed by atoms with E-state index < -0.39 is 76.1 Å². The van der Waals surface area contributed by atoms with E-state index in [2.05, 4.69) is 21.3 Å². The second-order valence-electron chi connectivity index (χ2n) is 12.6. The topological polar surface area (TPSA) is 186 Å². The van der Waals surface area contributed by atoms with E-state index in [1.165, 1.54) is 13.0 Å². The fourth-order valence-electron chi connectivity index (χ4n) is 4.65. The summed E-state index contributed by atoms with van der Waals surface area (Å²) in [4.78, 5) is 65.9. The molecule has 0 bridgehead atoms. The first-order valence-corrected chi connectivity index (χ1v) is 18.5. The maximum Gasteiger partial charge on any atom is 0.408 e. The first-order chi connectivity index (χ1) is 23.6. The van der Waals surface area contributed by atoms with Gasteiger partial charge < -0.3 is 30.7 Å². The Kier molecular flexibility index (Phi) is 17.2. The van der Waals surface area contributed by atoms with Crippen LogP contribution in [0.3, 0.4) is 0 Å². The van der Waals surface area contributed by atoms with Crippen molar-refractivity contribution in [3.63, 3.8) is 0 Å². The molecular formula is C36H50N4O9S. The molecule has 0 aliphatic carbocycles. The number of sulfone groups is 1. The van der Waals surface area contributed by atoms with Gasteiger partial charge in [-0.25, -0.2) is 13.2 Å². The van der Waals surface area contributed by atoms with Crippen LogP contribution in [-0.2, 0) is 51.7 Å². The number of hydrogen-bond acceptors (Lipinski definition) is 9. The fraction of sp³-hybridized carbons (Fsp3) is 0.472. The fourth-order valence-corrected chi connectivity index (χ4v) is 5.12. The molecular weight excluding hydrogens is 664 g/mol. The zero-order chi connectivity index (χ0) is 37.3. The van der Waals surface area contributed by atoms with Crippen LogP contribution in [0.1, 0.15) is 65.0 Å². The number of esters is 1. The number of carbonyl (C=O) groups excluding carboxylic acids is 5. The predicted molar refractivity (Wildman–Crippen MR) is 189 cm³/mol. The Hall–Kier alpha value is -4.72. The van der Waals surface area contributed by atoms with Crippen LogP contribution in [0.25, 0.3) is 0 Å². The monoisotopic (exact) mass is 714 g/mol. The summed E-state index contributed by atoms with van der Waals surface area (Å²) in [6.45, 7) is 8.71. The van der Waals surface area contributed by atoms with Gasteiger partial charge in [0.15, 0.2) is 9.84 Å². The molecule has 0 heterocycles. The van der Waals surface area contributed by atoms with Gasteiger partial charge >= 0.3 is 12.1 Å². The molecule has 5 atom stereocenters. The van der Waals surface area contributed by atoms with Gasteiger partial charge in [-0.3, -0.25) is 19.2 Å². The van der Waals surface area contributed by atoms with Crippen molar-refractivity contribution >= 4 is 39.6 Å². The van der Waals surface area contributed by atoms with Crippen molar-refractivity contribution in [2.24, 2.45) is 11.8 Å². The Bertz CT molecular complexity index is 1550. The van der Waals surface area contributed by atoms with E-state index in [4.69, 9.17) is 9.47 Å². The first-order valence-electron chi connectivity index (χ1n) is 16.5. The molecule has 0 unspecified atom stereocenters. The van der Waals surface area contributed by atoms with Crippen molar-refractivity contribution in [2.75, 3.05) is 6.26 Å². The Morgan fingerprint density at radius 3 is 1.82 bits per heavy atom. The van der Waals surface area contributed by atoms with E-state index in [0.29, 0.717) is 18.4 Å². The molecule has 274 valence electrons. The molecule has 2 aromatic rings. The van der Waals surface area contributed by atoms with Gasteiger partial charge in [-0.1, -0.05) is 101 Å². The van der Waals surface area contributed by atoms with Crippen molar-refractivity contribution in [1.82, 2.24) is 21.3 Å². The molecule has 0 aliphatic heterocycles. The van der Waals surface area contributed by atoms with E-state index in [0.717, 1.165) is 17.2 Å². The van der Waals surface area contributed by atoms with Crippen LogP contribution < -0.4 is 21.3 Å². The highest BCUT2D eigenvalue weighted by Crippen LogP contribution is 2.12. The molecule has 50 heavy (non-hydrogen) atoms. The number of ether oxygens (including phenoxy) is 2. The van der Waals surface area contributed by atoms with Gasteiger partial charge in [0.1, 0.15) is 31.3 Å². The molecule has 2 rings (SSSR count). The summed E-state index contributed by atoms with van der Waals surface area (Å²) in [6, 6.07) is 13.5. The van der Waals surface area contributed by atoms with Crippen LogP contribution in [0.15, 0.2) is 72.1 Å². The normalized spacial score (nSPS) is 14.5. The molecule has 13 nitrogen and oxygen atoms in total. The summed E-state index contributed by atoms with van der Waals surface area (Å²) in [7, 11) is -3.45. The van der Waals surface area contributed by atoms with Crippen molar-refractivity contribution in [1.29, 1.82) is 0 Å². The zero-order valence-electron chi connectivity index (χ0n) is 29.5. The summed E-state index contributed by atoms with van der Waals surface area (Å²) in [5.74, 6) is -3.27. The van der Waals surface area contributed by atoms with Crippen LogP contribution in [0.5, 0.6) is 0 Å². The van der Waals surface area contributed by atoms with Crippen molar-refractivity contribution in [2.45, 2.75) is 91.3 Å². The molecule has 4 amide bonds. The number of alkyl carbamates (subject to hydrolysis) is 1. The minimum Gasteiger partial charge on any atom is -0.461 e. The van der Waals surface area contributed by atoms with Gasteiger partial charge in [0.05, 0.1) is 6.42 Å². The maximum absolute atomic E-state index is 13.6. The molecule has 0 spiro atoms. The maximum atomic E-state index is 13.6. The van der Waals surface area contributed by atoms with Crippen LogP contribution in [0, 0.1) is 11.8 Å². The minimum absolute atomic E-state index is 0.0260. The lowest BCUT2D eigenvalue weighted by Gasteiger charge is -2.27. The number of amides is 4.